The number of phenolic OH excluding ortho intramolecular Hbond substituents is 1. The van der Waals surface area contributed by atoms with Crippen LogP contribution in [0.2, 0.25) is 0 Å². The first-order chi connectivity index (χ1) is 28.8. The number of aryl methyl sites for hydroxylation is 1. The summed E-state index contributed by atoms with van der Waals surface area (Å²) in [6, 6.07) is 24.1. The fraction of sp³-hybridized carbons (Fsp3) is 0.519. The second-order valence-electron chi connectivity index (χ2n) is 18.6. The molecule has 7 rings (SSSR count). The highest BCUT2D eigenvalue weighted by Gasteiger charge is 2.49. The van der Waals surface area contributed by atoms with Gasteiger partial charge >= 0.3 is 5.97 Å². The average Bonchev–Trinajstić information content (AvgIpc) is 3.71. The van der Waals surface area contributed by atoms with E-state index in [-0.39, 0.29) is 11.8 Å². The number of aldehydes is 1. The molecule has 0 saturated heterocycles. The molecule has 1 saturated carbocycles. The van der Waals surface area contributed by atoms with Crippen molar-refractivity contribution in [3.8, 4) is 5.75 Å². The van der Waals surface area contributed by atoms with E-state index in [1.54, 1.807) is 0 Å². The lowest BCUT2D eigenvalue weighted by molar-refractivity contribution is -0.145. The van der Waals surface area contributed by atoms with Gasteiger partial charge in [0.2, 0.25) is 0 Å². The maximum absolute atomic E-state index is 13.5. The largest absolute Gasteiger partial charge is 0.508 e. The number of aromatic hydroxyl groups is 1. The molecular weight excluding hydrogens is 727 g/mol. The van der Waals surface area contributed by atoms with Crippen molar-refractivity contribution in [2.24, 2.45) is 41.2 Å². The van der Waals surface area contributed by atoms with Crippen LogP contribution < -0.4 is 16.2 Å². The molecular formula is C54H69NO4. The van der Waals surface area contributed by atoms with Crippen LogP contribution in [0, 0.1) is 35.5 Å². The summed E-state index contributed by atoms with van der Waals surface area (Å²) in [5.74, 6) is 0.944. The fourth-order valence-electron chi connectivity index (χ4n) is 11.6. The Labute approximate surface area is 353 Å². The SMILES string of the molecule is CCCCCc1cc([C@H]2Cc3cccc(c3)[C@@]3(CC[C@H]4C=c5ccccc5=C[C@@H]4C3)[C@H](C(=O)O)CC=CC[C@@H]2CCCCC[C@H](C=O)[C@H]2C=C(CCN)CC2)ccc1O. The zero-order valence-corrected chi connectivity index (χ0v) is 35.6. The first-order valence-electron chi connectivity index (χ1n) is 23.2. The van der Waals surface area contributed by atoms with Crippen LogP contribution in [0.3, 0.4) is 0 Å². The molecule has 1 fully saturated rings. The maximum atomic E-state index is 13.5. The number of nitrogens with two attached hydrogens (primary N) is 1. The molecule has 0 aromatic heterocycles. The number of carboxylic acids is 1. The van der Waals surface area contributed by atoms with E-state index in [4.69, 9.17) is 5.73 Å². The second-order valence-corrected chi connectivity index (χ2v) is 18.6. The molecule has 4 aliphatic rings. The van der Waals surface area contributed by atoms with Crippen molar-refractivity contribution >= 4 is 24.4 Å². The summed E-state index contributed by atoms with van der Waals surface area (Å²) in [5, 5.41) is 24.6. The number of fused-ring (bicyclic) bond motifs is 5. The average molecular weight is 796 g/mol. The van der Waals surface area contributed by atoms with Crippen molar-refractivity contribution in [1.29, 1.82) is 0 Å². The molecule has 0 aliphatic heterocycles. The molecule has 2 bridgehead atoms. The van der Waals surface area contributed by atoms with E-state index in [1.807, 2.05) is 6.07 Å². The summed E-state index contributed by atoms with van der Waals surface area (Å²) < 4.78 is 0. The minimum absolute atomic E-state index is 0.0863. The van der Waals surface area contributed by atoms with E-state index >= 15 is 0 Å². The van der Waals surface area contributed by atoms with Crippen molar-refractivity contribution in [3.63, 3.8) is 0 Å². The quantitative estimate of drug-likeness (QED) is 0.0762. The molecule has 314 valence electrons. The smallest absolute Gasteiger partial charge is 0.307 e. The molecule has 3 aromatic carbocycles. The third-order valence-electron chi connectivity index (χ3n) is 15.0. The summed E-state index contributed by atoms with van der Waals surface area (Å²) >= 11 is 0. The van der Waals surface area contributed by atoms with Gasteiger partial charge in [0.15, 0.2) is 0 Å². The summed E-state index contributed by atoms with van der Waals surface area (Å²) in [5.41, 5.74) is 11.6. The Morgan fingerprint density at radius 2 is 1.69 bits per heavy atom. The molecule has 4 aliphatic carbocycles. The van der Waals surface area contributed by atoms with Crippen LogP contribution >= 0.6 is 0 Å². The second kappa shape index (κ2) is 20.4. The van der Waals surface area contributed by atoms with Crippen molar-refractivity contribution in [2.75, 3.05) is 6.54 Å². The molecule has 5 heteroatoms. The van der Waals surface area contributed by atoms with E-state index in [1.165, 1.54) is 39.0 Å². The molecule has 4 N–H and O–H groups in total. The molecule has 8 atom stereocenters. The molecule has 5 nitrogen and oxygen atoms in total. The number of phenols is 1. The Balaban J connectivity index is 1.17. The number of unbranched alkanes of at least 4 members (excludes halogenated alkanes) is 4. The molecule has 3 aromatic rings. The highest BCUT2D eigenvalue weighted by Crippen LogP contribution is 2.52. The van der Waals surface area contributed by atoms with E-state index in [9.17, 15) is 19.8 Å². The van der Waals surface area contributed by atoms with Crippen molar-refractivity contribution < 1.29 is 19.8 Å². The Morgan fingerprint density at radius 3 is 2.47 bits per heavy atom. The molecule has 0 heterocycles. The van der Waals surface area contributed by atoms with Gasteiger partial charge in [0.1, 0.15) is 12.0 Å². The van der Waals surface area contributed by atoms with Crippen molar-refractivity contribution in [2.45, 2.75) is 134 Å². The summed E-state index contributed by atoms with van der Waals surface area (Å²) in [7, 11) is 0. The number of aliphatic carboxylic acids is 1. The van der Waals surface area contributed by atoms with Gasteiger partial charge in [-0.3, -0.25) is 4.79 Å². The number of carbonyl (C=O) groups is 2. The maximum Gasteiger partial charge on any atom is 0.307 e. The predicted molar refractivity (Wildman–Crippen MR) is 241 cm³/mol. The van der Waals surface area contributed by atoms with Gasteiger partial charge in [-0.25, -0.2) is 0 Å². The number of hydrogen-bond donors (Lipinski definition) is 3. The lowest BCUT2D eigenvalue weighted by atomic mass is 9.55. The Morgan fingerprint density at radius 1 is 0.881 bits per heavy atom. The van der Waals surface area contributed by atoms with E-state index in [0.29, 0.717) is 42.4 Å². The van der Waals surface area contributed by atoms with Gasteiger partial charge in [0.05, 0.1) is 5.92 Å². The van der Waals surface area contributed by atoms with Crippen LogP contribution in [-0.2, 0) is 27.8 Å². The predicted octanol–water partition coefficient (Wildman–Crippen LogP) is 10.5. The van der Waals surface area contributed by atoms with Crippen LogP contribution in [0.1, 0.15) is 138 Å². The number of benzene rings is 3. The molecule has 0 radical (unpaired) electrons. The molecule has 59 heavy (non-hydrogen) atoms. The summed E-state index contributed by atoms with van der Waals surface area (Å²) in [6.45, 7) is 2.89. The third kappa shape index (κ3) is 10.2. The molecule has 0 amide bonds. The number of carboxylic acid groups (broad SMARTS) is 1. The zero-order chi connectivity index (χ0) is 41.2. The monoisotopic (exact) mass is 796 g/mol. The summed E-state index contributed by atoms with van der Waals surface area (Å²) in [6.07, 6.45) is 30.4. The van der Waals surface area contributed by atoms with Gasteiger partial charge in [-0.1, -0.05) is 136 Å². The Bertz CT molecular complexity index is 2080. The highest BCUT2D eigenvalue weighted by atomic mass is 16.4. The molecule has 0 unspecified atom stereocenters. The Hall–Kier alpha value is -4.22. The highest BCUT2D eigenvalue weighted by molar-refractivity contribution is 5.73. The van der Waals surface area contributed by atoms with Gasteiger partial charge in [-0.15, -0.1) is 0 Å². The van der Waals surface area contributed by atoms with Gasteiger partial charge < -0.3 is 20.7 Å². The van der Waals surface area contributed by atoms with Gasteiger partial charge in [-0.2, -0.15) is 0 Å². The zero-order valence-electron chi connectivity index (χ0n) is 35.6. The van der Waals surface area contributed by atoms with Crippen LogP contribution in [0.25, 0.3) is 12.2 Å². The van der Waals surface area contributed by atoms with Crippen molar-refractivity contribution in [1.82, 2.24) is 0 Å². The standard InChI is InChI=1S/C54H69NO4/c1-2-3-5-18-46-35-45(24-25-52(46)57)50-32-39-13-12-20-49(31-39)54(28-26-44-33-41-16-8-9-17-42(41)34-48(44)36-54)51(53(58)59)21-11-10-15-40(50)14-6-4-7-19-47(37-56)43-23-22-38(30-43)27-29-55/h8-13,16-17,20,24-25,30-31,33-35,37,40,43-44,47-48,50-51,57H,2-7,14-15,18-19,21-23,26-29,32,36,55H2,1H3,(H,58,59)/t40-,43+,44-,47+,48+,50-,51-,54-/m0/s1. The minimum Gasteiger partial charge on any atom is -0.508 e. The van der Waals surface area contributed by atoms with E-state index in [0.717, 1.165) is 115 Å². The van der Waals surface area contributed by atoms with Gasteiger partial charge in [0.25, 0.3) is 0 Å². The van der Waals surface area contributed by atoms with Crippen LogP contribution in [0.4, 0.5) is 0 Å². The first kappa shape index (κ1) is 42.9. The number of allylic oxidation sites excluding steroid dienone is 3. The minimum atomic E-state index is -0.692. The van der Waals surface area contributed by atoms with Crippen LogP contribution in [-0.4, -0.2) is 29.0 Å². The number of carbonyl (C=O) groups excluding carboxylic acids is 1. The lowest BCUT2D eigenvalue weighted by Crippen LogP contribution is -2.47. The first-order valence-corrected chi connectivity index (χ1v) is 23.2. The molecule has 1 spiro atoms. The fourth-order valence-corrected chi connectivity index (χ4v) is 11.6. The third-order valence-corrected chi connectivity index (χ3v) is 15.0. The Kier molecular flexibility index (Phi) is 14.8. The number of hydrogen-bond acceptors (Lipinski definition) is 4. The lowest BCUT2D eigenvalue weighted by Gasteiger charge is -2.48. The van der Waals surface area contributed by atoms with Gasteiger partial charge in [0, 0.05) is 11.3 Å². The van der Waals surface area contributed by atoms with Crippen LogP contribution in [0.15, 0.2) is 90.5 Å². The topological polar surface area (TPSA) is 101 Å². The van der Waals surface area contributed by atoms with E-state index in [2.05, 4.69) is 98.0 Å². The normalized spacial score (nSPS) is 26.9. The van der Waals surface area contributed by atoms with Gasteiger partial charge in [-0.05, 0) is 158 Å². The summed E-state index contributed by atoms with van der Waals surface area (Å²) in [4.78, 5) is 25.7. The van der Waals surface area contributed by atoms with Crippen molar-refractivity contribution in [3.05, 3.63) is 123 Å². The van der Waals surface area contributed by atoms with Crippen LogP contribution in [0.5, 0.6) is 5.75 Å². The van der Waals surface area contributed by atoms with E-state index < -0.39 is 17.3 Å². The number of rotatable bonds is 16.